The number of H-pyrrole nitrogens is 1. The first kappa shape index (κ1) is 16.7. The molecule has 0 radical (unpaired) electrons. The number of hydrogen-bond acceptors (Lipinski definition) is 5. The van der Waals surface area contributed by atoms with Crippen LogP contribution in [0.5, 0.6) is 0 Å². The summed E-state index contributed by atoms with van der Waals surface area (Å²) in [4.78, 5) is 13.6. The Kier molecular flexibility index (Phi) is 4.12. The maximum absolute atomic E-state index is 13.2. The number of nitrogens with zero attached hydrogens (tertiary/aromatic N) is 5. The first-order valence-corrected chi connectivity index (χ1v) is 9.27. The van der Waals surface area contributed by atoms with E-state index in [9.17, 15) is 4.39 Å². The molecule has 1 aliphatic heterocycles. The zero-order valence-corrected chi connectivity index (χ0v) is 15.2. The summed E-state index contributed by atoms with van der Waals surface area (Å²) in [6.07, 6.45) is 5.32. The molecule has 0 bridgehead atoms. The highest BCUT2D eigenvalue weighted by atomic mass is 19.1. The number of hydrogen-bond donors (Lipinski definition) is 1. The van der Waals surface area contributed by atoms with Gasteiger partial charge in [0.15, 0.2) is 0 Å². The van der Waals surface area contributed by atoms with Crippen LogP contribution in [0, 0.1) is 5.82 Å². The van der Waals surface area contributed by atoms with Gasteiger partial charge in [0.05, 0.1) is 11.7 Å². The van der Waals surface area contributed by atoms with Crippen LogP contribution in [0.4, 0.5) is 15.9 Å². The molecule has 0 amide bonds. The third-order valence-electron chi connectivity index (χ3n) is 5.22. The Labute approximate surface area is 161 Å². The minimum Gasteiger partial charge on any atom is -0.368 e. The summed E-state index contributed by atoms with van der Waals surface area (Å²) in [5.41, 5.74) is 4.11. The van der Waals surface area contributed by atoms with Crippen LogP contribution in [0.2, 0.25) is 0 Å². The van der Waals surface area contributed by atoms with Gasteiger partial charge in [-0.3, -0.25) is 5.10 Å². The minimum atomic E-state index is -0.205. The van der Waals surface area contributed by atoms with Crippen LogP contribution >= 0.6 is 0 Å². The van der Waals surface area contributed by atoms with Gasteiger partial charge in [0.25, 0.3) is 0 Å². The van der Waals surface area contributed by atoms with Gasteiger partial charge in [0.2, 0.25) is 0 Å². The van der Waals surface area contributed by atoms with E-state index in [-0.39, 0.29) is 5.82 Å². The van der Waals surface area contributed by atoms with Gasteiger partial charge in [-0.2, -0.15) is 5.10 Å². The van der Waals surface area contributed by atoms with E-state index in [1.165, 1.54) is 12.1 Å². The third-order valence-corrected chi connectivity index (χ3v) is 5.22. The van der Waals surface area contributed by atoms with Crippen LogP contribution in [0.3, 0.4) is 0 Å². The summed E-state index contributed by atoms with van der Waals surface area (Å²) in [5.74, 6) is 0.748. The lowest BCUT2D eigenvalue weighted by Gasteiger charge is -2.37. The SMILES string of the molecule is Fc1ccc(N2CCN(c3ncnc4ccc(-c5cn[nH]c5)cc34)CC2)cc1. The molecular formula is C21H19FN6. The molecule has 1 N–H and O–H groups in total. The van der Waals surface area contributed by atoms with Gasteiger partial charge >= 0.3 is 0 Å². The van der Waals surface area contributed by atoms with E-state index in [0.717, 1.165) is 59.7 Å². The van der Waals surface area contributed by atoms with E-state index in [4.69, 9.17) is 0 Å². The second-order valence-electron chi connectivity index (χ2n) is 6.87. The summed E-state index contributed by atoms with van der Waals surface area (Å²) in [7, 11) is 0. The molecule has 28 heavy (non-hydrogen) atoms. The van der Waals surface area contributed by atoms with Crippen molar-refractivity contribution < 1.29 is 4.39 Å². The highest BCUT2D eigenvalue weighted by Gasteiger charge is 2.20. The molecule has 2 aromatic carbocycles. The van der Waals surface area contributed by atoms with Crippen molar-refractivity contribution in [3.63, 3.8) is 0 Å². The molecule has 140 valence electrons. The van der Waals surface area contributed by atoms with E-state index < -0.39 is 0 Å². The number of piperazine rings is 1. The zero-order chi connectivity index (χ0) is 18.9. The van der Waals surface area contributed by atoms with Crippen molar-refractivity contribution in [3.8, 4) is 11.1 Å². The maximum Gasteiger partial charge on any atom is 0.140 e. The summed E-state index contributed by atoms with van der Waals surface area (Å²) in [6.45, 7) is 3.41. The largest absolute Gasteiger partial charge is 0.368 e. The van der Waals surface area contributed by atoms with Crippen LogP contribution < -0.4 is 9.80 Å². The number of aromatic amines is 1. The summed E-state index contributed by atoms with van der Waals surface area (Å²) >= 11 is 0. The lowest BCUT2D eigenvalue weighted by molar-refractivity contribution is 0.624. The molecule has 0 aliphatic carbocycles. The number of anilines is 2. The zero-order valence-electron chi connectivity index (χ0n) is 15.2. The molecule has 5 rings (SSSR count). The van der Waals surface area contributed by atoms with Crippen molar-refractivity contribution in [2.75, 3.05) is 36.0 Å². The molecule has 7 heteroatoms. The Hall–Kier alpha value is -3.48. The van der Waals surface area contributed by atoms with Crippen LogP contribution in [-0.2, 0) is 0 Å². The van der Waals surface area contributed by atoms with Gasteiger partial charge in [-0.1, -0.05) is 6.07 Å². The van der Waals surface area contributed by atoms with Gasteiger partial charge in [-0.25, -0.2) is 14.4 Å². The van der Waals surface area contributed by atoms with Gasteiger partial charge in [-0.15, -0.1) is 0 Å². The standard InChI is InChI=1S/C21H19FN6/c22-17-2-4-18(5-3-17)27-7-9-28(10-8-27)21-19-11-15(16-12-25-26-13-16)1-6-20(19)23-14-24-21/h1-6,11-14H,7-10H2,(H,25,26). The Morgan fingerprint density at radius 3 is 2.39 bits per heavy atom. The molecule has 4 aromatic rings. The fourth-order valence-corrected chi connectivity index (χ4v) is 3.71. The molecule has 0 atom stereocenters. The molecule has 3 heterocycles. The van der Waals surface area contributed by atoms with E-state index in [0.29, 0.717) is 0 Å². The Morgan fingerprint density at radius 1 is 0.857 bits per heavy atom. The number of halogens is 1. The first-order valence-electron chi connectivity index (χ1n) is 9.27. The lowest BCUT2D eigenvalue weighted by atomic mass is 10.1. The molecular weight excluding hydrogens is 355 g/mol. The first-order chi connectivity index (χ1) is 13.8. The summed E-state index contributed by atoms with van der Waals surface area (Å²) < 4.78 is 13.2. The van der Waals surface area contributed by atoms with E-state index >= 15 is 0 Å². The fourth-order valence-electron chi connectivity index (χ4n) is 3.71. The normalized spacial score (nSPS) is 14.6. The van der Waals surface area contributed by atoms with Crippen molar-refractivity contribution in [2.24, 2.45) is 0 Å². The minimum absolute atomic E-state index is 0.205. The van der Waals surface area contributed by atoms with Crippen LogP contribution in [0.25, 0.3) is 22.0 Å². The van der Waals surface area contributed by atoms with Crippen molar-refractivity contribution in [3.05, 3.63) is 67.0 Å². The molecule has 1 fully saturated rings. The van der Waals surface area contributed by atoms with Gasteiger partial charge in [-0.05, 0) is 42.0 Å². The second-order valence-corrected chi connectivity index (χ2v) is 6.87. The molecule has 0 unspecified atom stereocenters. The molecule has 0 spiro atoms. The molecule has 1 aliphatic rings. The smallest absolute Gasteiger partial charge is 0.140 e. The summed E-state index contributed by atoms with van der Waals surface area (Å²) in [5, 5.41) is 7.93. The summed E-state index contributed by atoms with van der Waals surface area (Å²) in [6, 6.07) is 12.9. The lowest BCUT2D eigenvalue weighted by Crippen LogP contribution is -2.46. The average molecular weight is 374 g/mol. The van der Waals surface area contributed by atoms with E-state index in [2.05, 4.69) is 42.1 Å². The van der Waals surface area contributed by atoms with E-state index in [1.54, 1.807) is 6.33 Å². The third kappa shape index (κ3) is 3.05. The number of aromatic nitrogens is 4. The average Bonchev–Trinajstić information content (AvgIpc) is 3.29. The van der Waals surface area contributed by atoms with Crippen molar-refractivity contribution in [1.82, 2.24) is 20.2 Å². The quantitative estimate of drug-likeness (QED) is 0.595. The van der Waals surface area contributed by atoms with Crippen molar-refractivity contribution in [1.29, 1.82) is 0 Å². The van der Waals surface area contributed by atoms with E-state index in [1.807, 2.05) is 30.6 Å². The molecule has 1 saturated heterocycles. The van der Waals surface area contributed by atoms with Gasteiger partial charge < -0.3 is 9.80 Å². The topological polar surface area (TPSA) is 60.9 Å². The van der Waals surface area contributed by atoms with Gasteiger partial charge in [0, 0.05) is 49.0 Å². The van der Waals surface area contributed by atoms with Crippen LogP contribution in [-0.4, -0.2) is 46.3 Å². The molecule has 0 saturated carbocycles. The second kappa shape index (κ2) is 6.92. The Balaban J connectivity index is 1.42. The fraction of sp³-hybridized carbons (Fsp3) is 0.190. The number of fused-ring (bicyclic) bond motifs is 1. The van der Waals surface area contributed by atoms with Crippen molar-refractivity contribution in [2.45, 2.75) is 0 Å². The van der Waals surface area contributed by atoms with Crippen LogP contribution in [0.1, 0.15) is 0 Å². The molecule has 2 aromatic heterocycles. The van der Waals surface area contributed by atoms with Crippen LogP contribution in [0.15, 0.2) is 61.2 Å². The van der Waals surface area contributed by atoms with Crippen molar-refractivity contribution >= 4 is 22.4 Å². The number of rotatable bonds is 3. The predicted octanol–water partition coefficient (Wildman–Crippen LogP) is 3.49. The highest BCUT2D eigenvalue weighted by molar-refractivity contribution is 5.92. The number of benzene rings is 2. The number of nitrogens with one attached hydrogen (secondary N) is 1. The Bertz CT molecular complexity index is 1090. The predicted molar refractivity (Wildman–Crippen MR) is 108 cm³/mol. The monoisotopic (exact) mass is 374 g/mol. The Morgan fingerprint density at radius 2 is 1.64 bits per heavy atom. The molecule has 6 nitrogen and oxygen atoms in total. The maximum atomic E-state index is 13.2. The van der Waals surface area contributed by atoms with Gasteiger partial charge in [0.1, 0.15) is 18.0 Å². The highest BCUT2D eigenvalue weighted by Crippen LogP contribution is 2.29.